The second-order valence-corrected chi connectivity index (χ2v) is 4.80. The van der Waals surface area contributed by atoms with Crippen LogP contribution in [0.3, 0.4) is 0 Å². The molecule has 0 spiro atoms. The number of ether oxygens (including phenoxy) is 1. The summed E-state index contributed by atoms with van der Waals surface area (Å²) in [6, 6.07) is 0.240. The van der Waals surface area contributed by atoms with Gasteiger partial charge in [-0.2, -0.15) is 0 Å². The summed E-state index contributed by atoms with van der Waals surface area (Å²) in [4.78, 5) is 13.9. The quantitative estimate of drug-likeness (QED) is 0.761. The third-order valence-corrected chi connectivity index (χ3v) is 3.31. The van der Waals surface area contributed by atoms with Gasteiger partial charge in [-0.15, -0.1) is 0 Å². The van der Waals surface area contributed by atoms with Gasteiger partial charge in [0.15, 0.2) is 0 Å². The first kappa shape index (κ1) is 12.2. The Hall–Kier alpha value is -1.23. The molecule has 2 heterocycles. The zero-order valence-corrected chi connectivity index (χ0v) is 10.3. The van der Waals surface area contributed by atoms with Crippen molar-refractivity contribution in [2.24, 2.45) is 0 Å². The van der Waals surface area contributed by atoms with Gasteiger partial charge in [0.2, 0.25) is 0 Å². The fourth-order valence-electron chi connectivity index (χ4n) is 2.16. The van der Waals surface area contributed by atoms with Crippen LogP contribution in [0.25, 0.3) is 0 Å². The molecule has 0 aromatic heterocycles. The molecule has 0 aliphatic carbocycles. The van der Waals surface area contributed by atoms with Gasteiger partial charge in [0, 0.05) is 12.5 Å². The maximum absolute atomic E-state index is 11.6. The number of hydrogen-bond donors (Lipinski definition) is 2. The smallest absolute Gasteiger partial charge is 0.315 e. The van der Waals surface area contributed by atoms with E-state index >= 15 is 0 Å². The number of carbonyl (C=O) groups is 1. The van der Waals surface area contributed by atoms with Crippen molar-refractivity contribution in [3.63, 3.8) is 0 Å². The molecule has 2 aliphatic rings. The van der Waals surface area contributed by atoms with Crippen LogP contribution in [0.5, 0.6) is 0 Å². The standard InChI is InChI=1S/C12H21N3O2/c1-15-6-4-10(5-7-15)14-12(16)13-9-11-3-2-8-17-11/h2,8,10-11H,3-7,9H2,1H3,(H2,13,14,16). The van der Waals surface area contributed by atoms with E-state index in [0.717, 1.165) is 32.4 Å². The van der Waals surface area contributed by atoms with E-state index in [2.05, 4.69) is 22.6 Å². The molecular weight excluding hydrogens is 218 g/mol. The van der Waals surface area contributed by atoms with Crippen LogP contribution in [0.2, 0.25) is 0 Å². The Morgan fingerprint density at radius 3 is 2.88 bits per heavy atom. The summed E-state index contributed by atoms with van der Waals surface area (Å²) in [5.74, 6) is 0. The molecule has 0 aromatic rings. The van der Waals surface area contributed by atoms with Gasteiger partial charge in [0.1, 0.15) is 6.10 Å². The van der Waals surface area contributed by atoms with Crippen LogP contribution >= 0.6 is 0 Å². The van der Waals surface area contributed by atoms with E-state index in [4.69, 9.17) is 4.74 Å². The highest BCUT2D eigenvalue weighted by Gasteiger charge is 2.19. The molecule has 0 saturated carbocycles. The zero-order chi connectivity index (χ0) is 12.1. The van der Waals surface area contributed by atoms with E-state index in [1.54, 1.807) is 6.26 Å². The van der Waals surface area contributed by atoms with Gasteiger partial charge in [0.05, 0.1) is 12.8 Å². The van der Waals surface area contributed by atoms with Crippen molar-refractivity contribution >= 4 is 6.03 Å². The Balaban J connectivity index is 1.60. The van der Waals surface area contributed by atoms with E-state index in [1.807, 2.05) is 6.08 Å². The molecular formula is C12H21N3O2. The van der Waals surface area contributed by atoms with Crippen molar-refractivity contribution in [1.29, 1.82) is 0 Å². The largest absolute Gasteiger partial charge is 0.496 e. The summed E-state index contributed by atoms with van der Waals surface area (Å²) in [5, 5.41) is 5.87. The normalized spacial score (nSPS) is 25.6. The number of likely N-dealkylation sites (tertiary alicyclic amines) is 1. The minimum absolute atomic E-state index is 0.0740. The Kier molecular flexibility index (Phi) is 4.25. The van der Waals surface area contributed by atoms with Gasteiger partial charge in [-0.1, -0.05) is 0 Å². The van der Waals surface area contributed by atoms with Crippen LogP contribution in [0, 0.1) is 0 Å². The van der Waals surface area contributed by atoms with Crippen LogP contribution in [-0.2, 0) is 4.74 Å². The lowest BCUT2D eigenvalue weighted by Gasteiger charge is -2.29. The van der Waals surface area contributed by atoms with Crippen molar-refractivity contribution in [2.75, 3.05) is 26.7 Å². The second kappa shape index (κ2) is 5.91. The van der Waals surface area contributed by atoms with Crippen LogP contribution < -0.4 is 10.6 Å². The van der Waals surface area contributed by atoms with Crippen LogP contribution in [-0.4, -0.2) is 49.8 Å². The molecule has 5 heteroatoms. The first-order chi connectivity index (χ1) is 8.24. The van der Waals surface area contributed by atoms with E-state index in [1.165, 1.54) is 0 Å². The van der Waals surface area contributed by atoms with Crippen LogP contribution in [0.15, 0.2) is 12.3 Å². The number of piperidine rings is 1. The molecule has 2 amide bonds. The van der Waals surface area contributed by atoms with Gasteiger partial charge >= 0.3 is 6.03 Å². The lowest BCUT2D eigenvalue weighted by atomic mass is 10.1. The number of urea groups is 1. The third kappa shape index (κ3) is 3.93. The van der Waals surface area contributed by atoms with Gasteiger partial charge in [-0.25, -0.2) is 4.79 Å². The molecule has 17 heavy (non-hydrogen) atoms. The van der Waals surface area contributed by atoms with Crippen molar-refractivity contribution in [2.45, 2.75) is 31.4 Å². The highest BCUT2D eigenvalue weighted by molar-refractivity contribution is 5.74. The van der Waals surface area contributed by atoms with Crippen molar-refractivity contribution in [3.8, 4) is 0 Å². The molecule has 96 valence electrons. The maximum Gasteiger partial charge on any atom is 0.315 e. The Labute approximate surface area is 102 Å². The SMILES string of the molecule is CN1CCC(NC(=O)NCC2CC=CO2)CC1. The molecule has 2 aliphatic heterocycles. The van der Waals surface area contributed by atoms with E-state index < -0.39 is 0 Å². The lowest BCUT2D eigenvalue weighted by Crippen LogP contribution is -2.48. The average Bonchev–Trinajstić information content (AvgIpc) is 2.83. The Morgan fingerprint density at radius 2 is 2.24 bits per heavy atom. The summed E-state index contributed by atoms with van der Waals surface area (Å²) in [6.07, 6.45) is 6.73. The molecule has 2 rings (SSSR count). The second-order valence-electron chi connectivity index (χ2n) is 4.80. The van der Waals surface area contributed by atoms with E-state index in [9.17, 15) is 4.79 Å². The molecule has 5 nitrogen and oxygen atoms in total. The number of nitrogens with zero attached hydrogens (tertiary/aromatic N) is 1. The molecule has 1 fully saturated rings. The Morgan fingerprint density at radius 1 is 1.47 bits per heavy atom. The average molecular weight is 239 g/mol. The van der Waals surface area contributed by atoms with E-state index in [-0.39, 0.29) is 12.1 Å². The number of carbonyl (C=O) groups excluding carboxylic acids is 1. The van der Waals surface area contributed by atoms with Crippen molar-refractivity contribution < 1.29 is 9.53 Å². The topological polar surface area (TPSA) is 53.6 Å². The molecule has 0 aromatic carbocycles. The number of amides is 2. The number of nitrogens with one attached hydrogen (secondary N) is 2. The lowest BCUT2D eigenvalue weighted by molar-refractivity contribution is 0.165. The van der Waals surface area contributed by atoms with E-state index in [0.29, 0.717) is 12.6 Å². The van der Waals surface area contributed by atoms with Crippen LogP contribution in [0.1, 0.15) is 19.3 Å². The fourth-order valence-corrected chi connectivity index (χ4v) is 2.16. The van der Waals surface area contributed by atoms with Crippen molar-refractivity contribution in [3.05, 3.63) is 12.3 Å². The maximum atomic E-state index is 11.6. The highest BCUT2D eigenvalue weighted by atomic mass is 16.5. The fraction of sp³-hybridized carbons (Fsp3) is 0.750. The van der Waals surface area contributed by atoms with Gasteiger partial charge < -0.3 is 20.3 Å². The summed E-state index contributed by atoms with van der Waals surface area (Å²) in [7, 11) is 2.11. The number of rotatable bonds is 3. The number of hydrogen-bond acceptors (Lipinski definition) is 3. The summed E-state index contributed by atoms with van der Waals surface area (Å²) >= 11 is 0. The predicted molar refractivity (Wildman–Crippen MR) is 65.7 cm³/mol. The summed E-state index contributed by atoms with van der Waals surface area (Å²) < 4.78 is 5.28. The van der Waals surface area contributed by atoms with Crippen LogP contribution in [0.4, 0.5) is 4.79 Å². The molecule has 0 bridgehead atoms. The van der Waals surface area contributed by atoms with Gasteiger partial charge in [-0.05, 0) is 39.1 Å². The van der Waals surface area contributed by atoms with Gasteiger partial charge in [0.25, 0.3) is 0 Å². The Bertz CT molecular complexity index is 277. The zero-order valence-electron chi connectivity index (χ0n) is 10.3. The predicted octanol–water partition coefficient (Wildman–Crippen LogP) is 0.682. The monoisotopic (exact) mass is 239 g/mol. The third-order valence-electron chi connectivity index (χ3n) is 3.31. The van der Waals surface area contributed by atoms with Gasteiger partial charge in [-0.3, -0.25) is 0 Å². The molecule has 0 radical (unpaired) electrons. The molecule has 1 saturated heterocycles. The minimum Gasteiger partial charge on any atom is -0.496 e. The molecule has 2 N–H and O–H groups in total. The van der Waals surface area contributed by atoms with Crippen molar-refractivity contribution in [1.82, 2.24) is 15.5 Å². The first-order valence-corrected chi connectivity index (χ1v) is 6.27. The molecule has 1 atom stereocenters. The molecule has 1 unspecified atom stereocenters. The highest BCUT2D eigenvalue weighted by Crippen LogP contribution is 2.08. The summed E-state index contributed by atoms with van der Waals surface area (Å²) in [6.45, 7) is 2.69. The first-order valence-electron chi connectivity index (χ1n) is 6.27. The summed E-state index contributed by atoms with van der Waals surface area (Å²) in [5.41, 5.74) is 0. The minimum atomic E-state index is -0.0740.